The van der Waals surface area contributed by atoms with Gasteiger partial charge in [-0.25, -0.2) is 8.42 Å². The molecule has 1 aliphatic heterocycles. The number of benzene rings is 2. The Balaban J connectivity index is 1.86. The molecule has 6 nitrogen and oxygen atoms in total. The van der Waals surface area contributed by atoms with Crippen molar-refractivity contribution in [1.82, 2.24) is 4.31 Å². The van der Waals surface area contributed by atoms with Gasteiger partial charge in [0.25, 0.3) is 0 Å². The van der Waals surface area contributed by atoms with Crippen molar-refractivity contribution >= 4 is 27.3 Å². The standard InChI is InChI=1S/C21H27ClN2O4S/c1-14-12-20(28-5)15(2)16(3)21(14)29(25,26)24-10-8-23(9-11-24)18-13-17(22)6-7-19(18)27-4/h6-7,12-13H,8-11H2,1-5H3. The lowest BCUT2D eigenvalue weighted by molar-refractivity contribution is 0.377. The van der Waals surface area contributed by atoms with Crippen LogP contribution >= 0.6 is 11.6 Å². The lowest BCUT2D eigenvalue weighted by Crippen LogP contribution is -2.49. The summed E-state index contributed by atoms with van der Waals surface area (Å²) < 4.78 is 39.2. The number of ether oxygens (including phenoxy) is 2. The Bertz CT molecular complexity index is 1020. The minimum atomic E-state index is -3.61. The summed E-state index contributed by atoms with van der Waals surface area (Å²) in [5, 5.41) is 0.621. The van der Waals surface area contributed by atoms with Crippen LogP contribution < -0.4 is 14.4 Å². The van der Waals surface area contributed by atoms with E-state index in [-0.39, 0.29) is 0 Å². The van der Waals surface area contributed by atoms with E-state index in [0.717, 1.165) is 22.6 Å². The highest BCUT2D eigenvalue weighted by atomic mass is 35.5. The van der Waals surface area contributed by atoms with Crippen LogP contribution in [0, 0.1) is 20.8 Å². The smallest absolute Gasteiger partial charge is 0.243 e. The predicted octanol–water partition coefficient (Wildman–Crippen LogP) is 3.79. The van der Waals surface area contributed by atoms with Gasteiger partial charge in [-0.3, -0.25) is 0 Å². The zero-order chi connectivity index (χ0) is 21.3. The van der Waals surface area contributed by atoms with Crippen LogP contribution in [0.2, 0.25) is 5.02 Å². The molecule has 0 N–H and O–H groups in total. The second kappa shape index (κ2) is 8.42. The van der Waals surface area contributed by atoms with E-state index in [9.17, 15) is 8.42 Å². The molecular weight excluding hydrogens is 412 g/mol. The highest BCUT2D eigenvalue weighted by Gasteiger charge is 2.32. The highest BCUT2D eigenvalue weighted by molar-refractivity contribution is 7.89. The Hall–Kier alpha value is -1.96. The van der Waals surface area contributed by atoms with E-state index in [1.54, 1.807) is 30.7 Å². The first-order valence-electron chi connectivity index (χ1n) is 9.44. The first kappa shape index (κ1) is 21.7. The van der Waals surface area contributed by atoms with E-state index in [2.05, 4.69) is 4.90 Å². The summed E-state index contributed by atoms with van der Waals surface area (Å²) in [6.45, 7) is 7.44. The number of rotatable bonds is 5. The highest BCUT2D eigenvalue weighted by Crippen LogP contribution is 2.35. The van der Waals surface area contributed by atoms with Crippen molar-refractivity contribution in [2.24, 2.45) is 0 Å². The molecule has 1 heterocycles. The van der Waals surface area contributed by atoms with Gasteiger partial charge in [-0.15, -0.1) is 0 Å². The van der Waals surface area contributed by atoms with Gasteiger partial charge in [0.15, 0.2) is 0 Å². The van der Waals surface area contributed by atoms with E-state index < -0.39 is 10.0 Å². The van der Waals surface area contributed by atoms with E-state index in [1.807, 2.05) is 32.9 Å². The average Bonchev–Trinajstić information content (AvgIpc) is 2.70. The van der Waals surface area contributed by atoms with Gasteiger partial charge >= 0.3 is 0 Å². The third-order valence-corrected chi connectivity index (χ3v) is 7.94. The third kappa shape index (κ3) is 4.04. The number of aryl methyl sites for hydroxylation is 1. The molecule has 3 rings (SSSR count). The van der Waals surface area contributed by atoms with Crippen LogP contribution in [0.5, 0.6) is 11.5 Å². The molecule has 158 valence electrons. The molecule has 0 bridgehead atoms. The lowest BCUT2D eigenvalue weighted by atomic mass is 10.1. The van der Waals surface area contributed by atoms with Crippen LogP contribution in [0.15, 0.2) is 29.2 Å². The molecule has 0 amide bonds. The Morgan fingerprint density at radius 1 is 0.897 bits per heavy atom. The summed E-state index contributed by atoms with van der Waals surface area (Å²) >= 11 is 6.15. The maximum absolute atomic E-state index is 13.4. The largest absolute Gasteiger partial charge is 0.496 e. The molecule has 0 atom stereocenters. The maximum atomic E-state index is 13.4. The van der Waals surface area contributed by atoms with Gasteiger partial charge < -0.3 is 14.4 Å². The van der Waals surface area contributed by atoms with Gasteiger partial charge in [0, 0.05) is 31.2 Å². The lowest BCUT2D eigenvalue weighted by Gasteiger charge is -2.36. The van der Waals surface area contributed by atoms with Gasteiger partial charge in [0.1, 0.15) is 11.5 Å². The van der Waals surface area contributed by atoms with Crippen LogP contribution in [-0.2, 0) is 10.0 Å². The Kier molecular flexibility index (Phi) is 6.31. The fourth-order valence-corrected chi connectivity index (χ4v) is 5.91. The van der Waals surface area contributed by atoms with Crippen LogP contribution in [0.25, 0.3) is 0 Å². The molecule has 0 aliphatic carbocycles. The monoisotopic (exact) mass is 438 g/mol. The predicted molar refractivity (Wildman–Crippen MR) is 116 cm³/mol. The quantitative estimate of drug-likeness (QED) is 0.710. The molecule has 2 aromatic carbocycles. The minimum Gasteiger partial charge on any atom is -0.496 e. The first-order valence-corrected chi connectivity index (χ1v) is 11.3. The zero-order valence-corrected chi connectivity index (χ0v) is 19.0. The summed E-state index contributed by atoms with van der Waals surface area (Å²) in [7, 11) is -0.394. The number of sulfonamides is 1. The molecule has 0 unspecified atom stereocenters. The van der Waals surface area contributed by atoms with Gasteiger partial charge in [0.05, 0.1) is 24.8 Å². The average molecular weight is 439 g/mol. The summed E-state index contributed by atoms with van der Waals surface area (Å²) in [6.07, 6.45) is 0. The Morgan fingerprint density at radius 3 is 2.10 bits per heavy atom. The molecule has 0 spiro atoms. The van der Waals surface area contributed by atoms with Gasteiger partial charge in [-0.05, 0) is 61.7 Å². The van der Waals surface area contributed by atoms with Crippen molar-refractivity contribution in [3.63, 3.8) is 0 Å². The maximum Gasteiger partial charge on any atom is 0.243 e. The van der Waals surface area contributed by atoms with Crippen LogP contribution in [0.1, 0.15) is 16.7 Å². The van der Waals surface area contributed by atoms with Crippen molar-refractivity contribution in [1.29, 1.82) is 0 Å². The van der Waals surface area contributed by atoms with Crippen LogP contribution in [0.4, 0.5) is 5.69 Å². The summed E-state index contributed by atoms with van der Waals surface area (Å²) in [5.74, 6) is 1.43. The van der Waals surface area contributed by atoms with Crippen molar-refractivity contribution in [3.8, 4) is 11.5 Å². The van der Waals surface area contributed by atoms with Crippen molar-refractivity contribution in [2.45, 2.75) is 25.7 Å². The fraction of sp³-hybridized carbons (Fsp3) is 0.429. The van der Waals surface area contributed by atoms with E-state index in [1.165, 1.54) is 0 Å². The summed E-state index contributed by atoms with van der Waals surface area (Å²) in [5.41, 5.74) is 3.16. The van der Waals surface area contributed by atoms with Crippen LogP contribution in [0.3, 0.4) is 0 Å². The van der Waals surface area contributed by atoms with Crippen molar-refractivity contribution in [3.05, 3.63) is 46.0 Å². The molecular formula is C21H27ClN2O4S. The molecule has 1 aliphatic rings. The molecule has 0 aromatic heterocycles. The topological polar surface area (TPSA) is 59.1 Å². The van der Waals surface area contributed by atoms with Crippen molar-refractivity contribution < 1.29 is 17.9 Å². The molecule has 8 heteroatoms. The molecule has 29 heavy (non-hydrogen) atoms. The molecule has 2 aromatic rings. The SMILES string of the molecule is COc1ccc(Cl)cc1N1CCN(S(=O)(=O)c2c(C)cc(OC)c(C)c2C)CC1. The van der Waals surface area contributed by atoms with Crippen molar-refractivity contribution in [2.75, 3.05) is 45.3 Å². The normalized spacial score (nSPS) is 15.4. The Labute approximate surface area is 178 Å². The molecule has 0 radical (unpaired) electrons. The Morgan fingerprint density at radius 2 is 1.52 bits per heavy atom. The summed E-state index contributed by atoms with van der Waals surface area (Å²) in [4.78, 5) is 2.49. The number of hydrogen-bond donors (Lipinski definition) is 0. The second-order valence-corrected chi connectivity index (χ2v) is 9.49. The van der Waals surface area contributed by atoms with Gasteiger partial charge in [0.2, 0.25) is 10.0 Å². The number of hydrogen-bond acceptors (Lipinski definition) is 5. The third-order valence-electron chi connectivity index (χ3n) is 5.52. The molecule has 1 saturated heterocycles. The fourth-order valence-electron chi connectivity index (χ4n) is 3.84. The van der Waals surface area contributed by atoms with Crippen LogP contribution in [-0.4, -0.2) is 53.1 Å². The number of anilines is 1. The van der Waals surface area contributed by atoms with Gasteiger partial charge in [-0.2, -0.15) is 4.31 Å². The van der Waals surface area contributed by atoms with E-state index >= 15 is 0 Å². The summed E-state index contributed by atoms with van der Waals surface area (Å²) in [6, 6.07) is 7.25. The first-order chi connectivity index (χ1) is 13.7. The molecule has 0 saturated carbocycles. The zero-order valence-electron chi connectivity index (χ0n) is 17.5. The second-order valence-electron chi connectivity index (χ2n) is 7.18. The van der Waals surface area contributed by atoms with E-state index in [0.29, 0.717) is 47.4 Å². The molecule has 1 fully saturated rings. The number of methoxy groups -OCH3 is 2. The number of piperazine rings is 1. The number of nitrogens with zero attached hydrogens (tertiary/aromatic N) is 2. The van der Waals surface area contributed by atoms with Gasteiger partial charge in [-0.1, -0.05) is 11.6 Å². The number of halogens is 1. The minimum absolute atomic E-state index is 0.379. The van der Waals surface area contributed by atoms with E-state index in [4.69, 9.17) is 21.1 Å².